The molecule has 0 saturated heterocycles. The zero-order valence-corrected chi connectivity index (χ0v) is 9.94. The smallest absolute Gasteiger partial charge is 0.0247 e. The Morgan fingerprint density at radius 1 is 0.714 bits per heavy atom. The van der Waals surface area contributed by atoms with Crippen LogP contribution in [0.15, 0.2) is 54.6 Å². The normalized spacial score (nSPS) is 10.1. The fraction of sp³-hybridized carbons (Fsp3) is 0.0769. The van der Waals surface area contributed by atoms with Crippen LogP contribution in [0.4, 0.5) is 0 Å². The lowest BCUT2D eigenvalue weighted by atomic mass is 10.0. The minimum Gasteiger partial charge on any atom is -0.0812 e. The molecule has 2 aromatic carbocycles. The Morgan fingerprint density at radius 2 is 1.29 bits per heavy atom. The Kier molecular flexibility index (Phi) is 3.19. The third-order valence-electron chi connectivity index (χ3n) is 2.22. The van der Waals surface area contributed by atoms with Gasteiger partial charge in [-0.2, -0.15) is 0 Å². The van der Waals surface area contributed by atoms with Crippen LogP contribution in [0.5, 0.6) is 0 Å². The van der Waals surface area contributed by atoms with Crippen LogP contribution in [-0.4, -0.2) is 0 Å². The number of alkyl halides is 1. The summed E-state index contributed by atoms with van der Waals surface area (Å²) in [6.45, 7) is 0. The van der Waals surface area contributed by atoms with Crippen LogP contribution in [0.2, 0.25) is 0 Å². The van der Waals surface area contributed by atoms with Gasteiger partial charge in [0.15, 0.2) is 0 Å². The topological polar surface area (TPSA) is 0 Å². The molecule has 0 aliphatic carbocycles. The molecule has 1 heteroatoms. The number of hydrogen-bond donors (Lipinski definition) is 0. The molecule has 0 aliphatic heterocycles. The number of benzene rings is 2. The van der Waals surface area contributed by atoms with Crippen LogP contribution in [-0.2, 0) is 4.43 Å². The van der Waals surface area contributed by atoms with Gasteiger partial charge in [0.25, 0.3) is 0 Å². The molecule has 0 bridgehead atoms. The molecule has 0 N–H and O–H groups in total. The zero-order valence-electron chi connectivity index (χ0n) is 7.78. The van der Waals surface area contributed by atoms with E-state index in [1.165, 1.54) is 16.7 Å². The van der Waals surface area contributed by atoms with E-state index in [1.807, 2.05) is 6.07 Å². The van der Waals surface area contributed by atoms with Gasteiger partial charge in [0.05, 0.1) is 0 Å². The molecule has 0 atom stereocenters. The lowest BCUT2D eigenvalue weighted by Crippen LogP contribution is -1.79. The van der Waals surface area contributed by atoms with Crippen LogP contribution in [0.1, 0.15) is 5.56 Å². The summed E-state index contributed by atoms with van der Waals surface area (Å²) in [5.74, 6) is 0. The molecular weight excluding hydrogens is 283 g/mol. The van der Waals surface area contributed by atoms with E-state index in [4.69, 9.17) is 0 Å². The van der Waals surface area contributed by atoms with Gasteiger partial charge >= 0.3 is 0 Å². The molecule has 0 nitrogen and oxygen atoms in total. The van der Waals surface area contributed by atoms with E-state index in [9.17, 15) is 0 Å². The van der Waals surface area contributed by atoms with Gasteiger partial charge in [0, 0.05) is 4.43 Å². The minimum atomic E-state index is 1.08. The van der Waals surface area contributed by atoms with Gasteiger partial charge in [0.2, 0.25) is 0 Å². The summed E-state index contributed by atoms with van der Waals surface area (Å²) >= 11 is 2.38. The second kappa shape index (κ2) is 4.60. The van der Waals surface area contributed by atoms with Crippen molar-refractivity contribution >= 4 is 22.6 Å². The molecule has 0 unspecified atom stereocenters. The molecule has 0 saturated carbocycles. The van der Waals surface area contributed by atoms with Gasteiger partial charge in [-0.3, -0.25) is 0 Å². The summed E-state index contributed by atoms with van der Waals surface area (Å²) in [6.07, 6.45) is 0. The molecular formula is C13H11I. The van der Waals surface area contributed by atoms with Crippen molar-refractivity contribution in [1.82, 2.24) is 0 Å². The summed E-state index contributed by atoms with van der Waals surface area (Å²) in [4.78, 5) is 0. The molecule has 0 spiro atoms. The summed E-state index contributed by atoms with van der Waals surface area (Å²) < 4.78 is 1.08. The third-order valence-corrected chi connectivity index (χ3v) is 3.10. The summed E-state index contributed by atoms with van der Waals surface area (Å²) in [5, 5.41) is 0. The monoisotopic (exact) mass is 294 g/mol. The molecule has 14 heavy (non-hydrogen) atoms. The average molecular weight is 294 g/mol. The van der Waals surface area contributed by atoms with E-state index in [0.717, 1.165) is 4.43 Å². The van der Waals surface area contributed by atoms with Gasteiger partial charge in [-0.25, -0.2) is 0 Å². The average Bonchev–Trinajstić information content (AvgIpc) is 2.30. The van der Waals surface area contributed by atoms with Crippen molar-refractivity contribution < 1.29 is 0 Å². The maximum atomic E-state index is 2.38. The quantitative estimate of drug-likeness (QED) is 0.572. The largest absolute Gasteiger partial charge is 0.0812 e. The first-order valence-electron chi connectivity index (χ1n) is 4.60. The molecule has 2 rings (SSSR count). The maximum Gasteiger partial charge on any atom is 0.0247 e. The van der Waals surface area contributed by atoms with Crippen molar-refractivity contribution in [3.63, 3.8) is 0 Å². The second-order valence-electron chi connectivity index (χ2n) is 3.20. The Labute approximate surface area is 98.1 Å². The predicted octanol–water partition coefficient (Wildman–Crippen LogP) is 4.29. The van der Waals surface area contributed by atoms with Crippen LogP contribution in [0, 0.1) is 0 Å². The lowest BCUT2D eigenvalue weighted by molar-refractivity contribution is 1.45. The molecule has 0 amide bonds. The molecule has 0 aromatic heterocycles. The SMILES string of the molecule is ICc1ccc(-c2ccccc2)cc1. The molecule has 70 valence electrons. The predicted molar refractivity (Wildman–Crippen MR) is 69.6 cm³/mol. The van der Waals surface area contributed by atoms with Crippen molar-refractivity contribution in [3.8, 4) is 11.1 Å². The zero-order chi connectivity index (χ0) is 9.80. The molecule has 0 fully saturated rings. The van der Waals surface area contributed by atoms with Crippen molar-refractivity contribution in [2.24, 2.45) is 0 Å². The highest BCUT2D eigenvalue weighted by Crippen LogP contribution is 2.19. The highest BCUT2D eigenvalue weighted by Gasteiger charge is 1.95. The molecule has 0 radical (unpaired) electrons. The van der Waals surface area contributed by atoms with Crippen molar-refractivity contribution in [2.45, 2.75) is 4.43 Å². The maximum absolute atomic E-state index is 2.38. The van der Waals surface area contributed by atoms with Gasteiger partial charge in [-0.05, 0) is 16.7 Å². The molecule has 0 heterocycles. The van der Waals surface area contributed by atoms with Gasteiger partial charge in [0.1, 0.15) is 0 Å². The van der Waals surface area contributed by atoms with Crippen molar-refractivity contribution in [2.75, 3.05) is 0 Å². The third kappa shape index (κ3) is 2.15. The fourth-order valence-electron chi connectivity index (χ4n) is 1.42. The van der Waals surface area contributed by atoms with E-state index < -0.39 is 0 Å². The van der Waals surface area contributed by atoms with Crippen LogP contribution >= 0.6 is 22.6 Å². The van der Waals surface area contributed by atoms with Crippen LogP contribution < -0.4 is 0 Å². The van der Waals surface area contributed by atoms with Gasteiger partial charge in [-0.15, -0.1) is 0 Å². The molecule has 2 aromatic rings. The first kappa shape index (κ1) is 9.71. The number of rotatable bonds is 2. The Bertz CT molecular complexity index is 389. The standard InChI is InChI=1S/C13H11I/c14-10-11-6-8-13(9-7-11)12-4-2-1-3-5-12/h1-9H,10H2. The van der Waals surface area contributed by atoms with E-state index in [2.05, 4.69) is 71.1 Å². The number of halogens is 1. The van der Waals surface area contributed by atoms with E-state index in [-0.39, 0.29) is 0 Å². The highest BCUT2D eigenvalue weighted by molar-refractivity contribution is 14.1. The summed E-state index contributed by atoms with van der Waals surface area (Å²) in [7, 11) is 0. The molecule has 0 aliphatic rings. The van der Waals surface area contributed by atoms with Crippen molar-refractivity contribution in [1.29, 1.82) is 0 Å². The first-order valence-corrected chi connectivity index (χ1v) is 6.13. The Balaban J connectivity index is 2.34. The van der Waals surface area contributed by atoms with Gasteiger partial charge < -0.3 is 0 Å². The summed E-state index contributed by atoms with van der Waals surface area (Å²) in [6, 6.07) is 19.2. The van der Waals surface area contributed by atoms with Crippen molar-refractivity contribution in [3.05, 3.63) is 60.2 Å². The number of hydrogen-bond acceptors (Lipinski definition) is 0. The highest BCUT2D eigenvalue weighted by atomic mass is 127. The summed E-state index contributed by atoms with van der Waals surface area (Å²) in [5.41, 5.74) is 3.96. The Morgan fingerprint density at radius 3 is 1.86 bits per heavy atom. The minimum absolute atomic E-state index is 1.08. The fourth-order valence-corrected chi connectivity index (χ4v) is 1.93. The van der Waals surface area contributed by atoms with E-state index >= 15 is 0 Å². The van der Waals surface area contributed by atoms with Crippen LogP contribution in [0.3, 0.4) is 0 Å². The lowest BCUT2D eigenvalue weighted by Gasteiger charge is -2.01. The van der Waals surface area contributed by atoms with Gasteiger partial charge in [-0.1, -0.05) is 77.2 Å². The van der Waals surface area contributed by atoms with E-state index in [0.29, 0.717) is 0 Å². The Hall–Kier alpha value is -0.830. The van der Waals surface area contributed by atoms with E-state index in [1.54, 1.807) is 0 Å². The van der Waals surface area contributed by atoms with Crippen LogP contribution in [0.25, 0.3) is 11.1 Å². The first-order chi connectivity index (χ1) is 6.90. The second-order valence-corrected chi connectivity index (χ2v) is 3.96.